The molecule has 0 aliphatic rings. The molecule has 0 saturated heterocycles. The largest absolute Gasteiger partial charge is 0.172 e. The fourth-order valence-electron chi connectivity index (χ4n) is 3.47. The third kappa shape index (κ3) is 5.85. The zero-order chi connectivity index (χ0) is 20.9. The van der Waals surface area contributed by atoms with Gasteiger partial charge in [-0.1, -0.05) is 112 Å². The molecule has 5 heteroatoms. The number of hydrogen-bond donors (Lipinski definition) is 0. The minimum Gasteiger partial charge on any atom is -0.172 e. The molecule has 0 aliphatic carbocycles. The number of rotatable bonds is 4. The molecule has 0 heterocycles. The first kappa shape index (κ1) is 25.7. The quantitative estimate of drug-likeness (QED) is 0.411. The van der Waals surface area contributed by atoms with Crippen LogP contribution in [0.3, 0.4) is 0 Å². The molecule has 25 heavy (non-hydrogen) atoms. The molecular formula is C20H48Si5. The Kier molecular flexibility index (Phi) is 7.50. The lowest BCUT2D eigenvalue weighted by atomic mass is 10.2. The third-order valence-electron chi connectivity index (χ3n) is 6.75. The van der Waals surface area contributed by atoms with Crippen LogP contribution in [0.15, 0.2) is 4.82 Å². The fraction of sp³-hybridized carbons (Fsp3) is 0.900. The summed E-state index contributed by atoms with van der Waals surface area (Å²) < 4.78 is 0. The normalized spacial score (nSPS) is 15.0. The maximum absolute atomic E-state index is 4.49. The minimum atomic E-state index is -1.42. The van der Waals surface area contributed by atoms with Crippen molar-refractivity contribution in [2.75, 3.05) is 0 Å². The summed E-state index contributed by atoms with van der Waals surface area (Å²) in [6.07, 6.45) is 0. The van der Waals surface area contributed by atoms with Gasteiger partial charge in [-0.05, 0) is 10.1 Å². The van der Waals surface area contributed by atoms with E-state index >= 15 is 0 Å². The molecule has 0 radical (unpaired) electrons. The molecule has 0 aliphatic heterocycles. The average molecular weight is 429 g/mol. The van der Waals surface area contributed by atoms with Crippen LogP contribution in [0.25, 0.3) is 0 Å². The zero-order valence-electron chi connectivity index (χ0n) is 20.5. The lowest BCUT2D eigenvalue weighted by molar-refractivity contribution is 0.728. The molecule has 0 aromatic carbocycles. The van der Waals surface area contributed by atoms with Gasteiger partial charge >= 0.3 is 0 Å². The monoisotopic (exact) mass is 428 g/mol. The Hall–Kier alpha value is 0.734. The lowest BCUT2D eigenvalue weighted by Crippen LogP contribution is -2.64. The maximum atomic E-state index is 4.49. The molecule has 0 aromatic rings. The van der Waals surface area contributed by atoms with E-state index in [0.717, 1.165) is 0 Å². The smallest absolute Gasteiger partial charge is 0.0764 e. The van der Waals surface area contributed by atoms with Gasteiger partial charge in [0.15, 0.2) is 0 Å². The molecule has 0 amide bonds. The highest BCUT2D eigenvalue weighted by Crippen LogP contribution is 2.44. The van der Waals surface area contributed by atoms with Crippen LogP contribution in [-0.2, 0) is 0 Å². The van der Waals surface area contributed by atoms with Gasteiger partial charge in [-0.15, -0.1) is 0 Å². The fourth-order valence-corrected chi connectivity index (χ4v) is 54.3. The van der Waals surface area contributed by atoms with Crippen molar-refractivity contribution in [1.82, 2.24) is 0 Å². The van der Waals surface area contributed by atoms with Crippen molar-refractivity contribution < 1.29 is 0 Å². The molecule has 0 spiro atoms. The lowest BCUT2D eigenvalue weighted by Gasteiger charge is -2.48. The van der Waals surface area contributed by atoms with E-state index in [0.29, 0.717) is 10.1 Å². The summed E-state index contributed by atoms with van der Waals surface area (Å²) in [4.78, 5) is 1.85. The van der Waals surface area contributed by atoms with E-state index in [1.165, 1.54) is 0 Å². The molecule has 0 unspecified atom stereocenters. The van der Waals surface area contributed by atoms with Gasteiger partial charge in [0.05, 0.1) is 31.3 Å². The van der Waals surface area contributed by atoms with Crippen molar-refractivity contribution >= 4 is 44.1 Å². The zero-order valence-corrected chi connectivity index (χ0v) is 25.5. The Bertz CT molecular complexity index is 505. The Morgan fingerprint density at radius 3 is 0.960 bits per heavy atom. The molecular weight excluding hydrogens is 381 g/mol. The van der Waals surface area contributed by atoms with Crippen molar-refractivity contribution in [2.24, 2.45) is 0 Å². The van der Waals surface area contributed by atoms with Crippen LogP contribution in [0, 0.1) is 0 Å². The van der Waals surface area contributed by atoms with Gasteiger partial charge in [0.25, 0.3) is 0 Å². The van der Waals surface area contributed by atoms with Gasteiger partial charge < -0.3 is 0 Å². The van der Waals surface area contributed by atoms with E-state index in [1.54, 1.807) is 0 Å². The molecule has 0 nitrogen and oxygen atoms in total. The Labute approximate surface area is 165 Å². The molecule has 148 valence electrons. The average Bonchev–Trinajstić information content (AvgIpc) is 2.20. The summed E-state index contributed by atoms with van der Waals surface area (Å²) in [5.74, 6) is 0. The maximum Gasteiger partial charge on any atom is 0.0764 e. The second kappa shape index (κ2) is 7.28. The van der Waals surface area contributed by atoms with E-state index in [4.69, 9.17) is 0 Å². The van der Waals surface area contributed by atoms with Crippen LogP contribution in [0.2, 0.25) is 75.5 Å². The SMILES string of the molecule is CC(C)(C)[Si](C)(C)[Si](=C=C([Si](C)(C)C)[Si](C)(C)C)[Si](C)(C)C(C)(C)C. The highest BCUT2D eigenvalue weighted by molar-refractivity contribution is 7.61. The van der Waals surface area contributed by atoms with Crippen molar-refractivity contribution in [3.05, 3.63) is 4.82 Å². The third-order valence-corrected chi connectivity index (χ3v) is 49.5. The highest BCUT2D eigenvalue weighted by atomic mass is 29.6. The number of hydrogen-bond acceptors (Lipinski definition) is 0. The van der Waals surface area contributed by atoms with Crippen LogP contribution in [0.1, 0.15) is 41.5 Å². The van der Waals surface area contributed by atoms with Crippen molar-refractivity contribution in [1.29, 1.82) is 0 Å². The Morgan fingerprint density at radius 2 is 0.800 bits per heavy atom. The second-order valence-corrected chi connectivity index (χ2v) is 46.1. The molecule has 0 aromatic heterocycles. The molecule has 0 fully saturated rings. The van der Waals surface area contributed by atoms with E-state index in [9.17, 15) is 0 Å². The Morgan fingerprint density at radius 1 is 0.560 bits per heavy atom. The first-order valence-electron chi connectivity index (χ1n) is 10.0. The van der Waals surface area contributed by atoms with Crippen molar-refractivity contribution in [2.45, 2.75) is 117 Å². The molecule has 0 atom stereocenters. The van der Waals surface area contributed by atoms with E-state index in [-0.39, 0.29) is 0 Å². The van der Waals surface area contributed by atoms with Gasteiger partial charge in [0.2, 0.25) is 0 Å². The van der Waals surface area contributed by atoms with Gasteiger partial charge in [-0.2, -0.15) is 5.33 Å². The first-order chi connectivity index (χ1) is 10.5. The van der Waals surface area contributed by atoms with Gasteiger partial charge in [-0.3, -0.25) is 0 Å². The van der Waals surface area contributed by atoms with E-state index < -0.39 is 38.8 Å². The van der Waals surface area contributed by atoms with Crippen LogP contribution < -0.4 is 0 Å². The Balaban J connectivity index is 7.33. The summed E-state index contributed by atoms with van der Waals surface area (Å²) >= 11 is 0. The predicted molar refractivity (Wildman–Crippen MR) is 135 cm³/mol. The summed E-state index contributed by atoms with van der Waals surface area (Å²) in [7, 11) is -6.11. The molecule has 0 N–H and O–H groups in total. The highest BCUT2D eigenvalue weighted by Gasteiger charge is 2.50. The van der Waals surface area contributed by atoms with Crippen LogP contribution >= 0.6 is 0 Å². The summed E-state index contributed by atoms with van der Waals surface area (Å²) in [5, 5.41) is 5.40. The molecule has 0 rings (SSSR count). The second-order valence-electron chi connectivity index (χ2n) is 13.1. The van der Waals surface area contributed by atoms with Gasteiger partial charge in [0.1, 0.15) is 0 Å². The van der Waals surface area contributed by atoms with Gasteiger partial charge in [-0.25, -0.2) is 0 Å². The minimum absolute atomic E-state index is 0.452. The predicted octanol–water partition coefficient (Wildman–Crippen LogP) is 7.32. The van der Waals surface area contributed by atoms with Gasteiger partial charge in [0, 0.05) is 7.44 Å². The summed E-state index contributed by atoms with van der Waals surface area (Å²) in [5.41, 5.74) is 0. The topological polar surface area (TPSA) is 0 Å². The summed E-state index contributed by atoms with van der Waals surface area (Å²) in [6.45, 7) is 41.2. The van der Waals surface area contributed by atoms with Crippen molar-refractivity contribution in [3.8, 4) is 0 Å². The molecule has 0 saturated carbocycles. The van der Waals surface area contributed by atoms with Crippen LogP contribution in [-0.4, -0.2) is 44.1 Å². The van der Waals surface area contributed by atoms with E-state index in [1.807, 2.05) is 4.82 Å². The summed E-state index contributed by atoms with van der Waals surface area (Å²) in [6, 6.07) is 0. The standard InChI is InChI=1S/C20H48Si5/c1-19(2,3)24(13,14)21(25(15,16)20(4,5)6)17-18(22(7,8)9)23(10,11)12/h1-16H3. The van der Waals surface area contributed by atoms with E-state index in [2.05, 4.69) is 112 Å². The van der Waals surface area contributed by atoms with Crippen LogP contribution in [0.4, 0.5) is 0 Å². The molecule has 0 bridgehead atoms. The van der Waals surface area contributed by atoms with Crippen molar-refractivity contribution in [3.63, 3.8) is 0 Å². The first-order valence-corrected chi connectivity index (χ1v) is 26.5. The van der Waals surface area contributed by atoms with Crippen LogP contribution in [0.5, 0.6) is 0 Å².